The van der Waals surface area contributed by atoms with Crippen LogP contribution in [0, 0.1) is 17.8 Å². The molecular formula is C50H59N3O9. The Hall–Kier alpha value is -5.69. The number of hydrogen-bond acceptors (Lipinski definition) is 10. The quantitative estimate of drug-likeness (QED) is 0.0478. The van der Waals surface area contributed by atoms with Crippen molar-refractivity contribution < 1.29 is 43.6 Å². The molecule has 7 rings (SSSR count). The highest BCUT2D eigenvalue weighted by Crippen LogP contribution is 2.62. The molecule has 0 bridgehead atoms. The second-order valence-electron chi connectivity index (χ2n) is 16.1. The molecule has 0 saturated heterocycles. The molecule has 6 unspecified atom stereocenters. The SMILES string of the molecule is C=CCOC12Oc3ccc(OC(=O)NCc4ccccc4)cc3C3C(CCCCO)C(CCCCO)C=C(C(=NOC)CC1N(Cc1cccc4ccccc14)C(=O)OCC)C32. The van der Waals surface area contributed by atoms with Crippen molar-refractivity contribution in [3.63, 3.8) is 0 Å². The maximum absolute atomic E-state index is 14.5. The average Bonchev–Trinajstić information content (AvgIpc) is 3.29. The molecule has 0 radical (unpaired) electrons. The van der Waals surface area contributed by atoms with Crippen LogP contribution in [0.25, 0.3) is 10.8 Å². The van der Waals surface area contributed by atoms with Gasteiger partial charge in [0.2, 0.25) is 5.79 Å². The molecule has 4 aromatic rings. The van der Waals surface area contributed by atoms with Crippen LogP contribution in [-0.4, -0.2) is 78.4 Å². The molecule has 3 N–H and O–H groups in total. The minimum Gasteiger partial charge on any atom is -0.459 e. The minimum absolute atomic E-state index is 0.0119. The normalized spacial score (nSPS) is 23.0. The second kappa shape index (κ2) is 20.9. The number of benzene rings is 4. The maximum atomic E-state index is 14.5. The molecular weight excluding hydrogens is 787 g/mol. The van der Waals surface area contributed by atoms with Crippen molar-refractivity contribution in [1.29, 1.82) is 0 Å². The number of carbonyl (C=O) groups excluding carboxylic acids is 2. The van der Waals surface area contributed by atoms with Crippen LogP contribution in [0.1, 0.15) is 74.5 Å². The summed E-state index contributed by atoms with van der Waals surface area (Å²) in [7, 11) is 1.52. The number of aliphatic hydroxyl groups is 2. The predicted molar refractivity (Wildman–Crippen MR) is 238 cm³/mol. The molecule has 12 nitrogen and oxygen atoms in total. The lowest BCUT2D eigenvalue weighted by Crippen LogP contribution is -2.70. The van der Waals surface area contributed by atoms with Crippen molar-refractivity contribution in [3.05, 3.63) is 132 Å². The van der Waals surface area contributed by atoms with Gasteiger partial charge >= 0.3 is 12.2 Å². The van der Waals surface area contributed by atoms with Gasteiger partial charge in [-0.05, 0) is 90.1 Å². The summed E-state index contributed by atoms with van der Waals surface area (Å²) in [5.74, 6) is -1.41. The van der Waals surface area contributed by atoms with E-state index >= 15 is 0 Å². The molecule has 4 aromatic carbocycles. The first-order valence-corrected chi connectivity index (χ1v) is 21.9. The van der Waals surface area contributed by atoms with Crippen LogP contribution in [0.5, 0.6) is 11.5 Å². The van der Waals surface area contributed by atoms with Gasteiger partial charge in [-0.25, -0.2) is 9.59 Å². The number of rotatable bonds is 19. The molecule has 3 aliphatic rings. The maximum Gasteiger partial charge on any atom is 0.412 e. The highest BCUT2D eigenvalue weighted by molar-refractivity contribution is 6.03. The lowest BCUT2D eigenvalue weighted by molar-refractivity contribution is -0.256. The van der Waals surface area contributed by atoms with Crippen molar-refractivity contribution in [1.82, 2.24) is 10.2 Å². The van der Waals surface area contributed by atoms with E-state index in [2.05, 4.69) is 41.3 Å². The number of nitrogens with one attached hydrogen (secondary N) is 1. The molecule has 2 aliphatic carbocycles. The van der Waals surface area contributed by atoms with Crippen molar-refractivity contribution in [2.45, 2.75) is 82.7 Å². The van der Waals surface area contributed by atoms with E-state index in [0.29, 0.717) is 36.6 Å². The summed E-state index contributed by atoms with van der Waals surface area (Å²) in [6.07, 6.45) is 7.47. The topological polar surface area (TPSA) is 148 Å². The number of carbonyl (C=O) groups is 2. The van der Waals surface area contributed by atoms with E-state index in [1.54, 1.807) is 24.0 Å². The summed E-state index contributed by atoms with van der Waals surface area (Å²) in [6, 6.07) is 28.4. The van der Waals surface area contributed by atoms with E-state index in [-0.39, 0.29) is 57.1 Å². The molecule has 1 aliphatic heterocycles. The van der Waals surface area contributed by atoms with Crippen LogP contribution in [0.15, 0.2) is 120 Å². The fraction of sp³-hybridized carbons (Fsp3) is 0.420. The number of fused-ring (bicyclic) bond motifs is 3. The lowest BCUT2D eigenvalue weighted by atomic mass is 9.55. The van der Waals surface area contributed by atoms with Crippen LogP contribution in [0.3, 0.4) is 0 Å². The first-order valence-electron chi connectivity index (χ1n) is 21.9. The fourth-order valence-corrected chi connectivity index (χ4v) is 9.86. The smallest absolute Gasteiger partial charge is 0.412 e. The van der Waals surface area contributed by atoms with Gasteiger partial charge in [0.05, 0.1) is 31.4 Å². The fourth-order valence-electron chi connectivity index (χ4n) is 9.86. The Bertz CT molecular complexity index is 2220. The summed E-state index contributed by atoms with van der Waals surface area (Å²) < 4.78 is 26.2. The van der Waals surface area contributed by atoms with Crippen molar-refractivity contribution >= 4 is 28.7 Å². The van der Waals surface area contributed by atoms with Gasteiger partial charge in [0, 0.05) is 37.7 Å². The number of ether oxygens (including phenoxy) is 4. The van der Waals surface area contributed by atoms with Crippen LogP contribution in [0.2, 0.25) is 0 Å². The van der Waals surface area contributed by atoms with E-state index in [0.717, 1.165) is 58.7 Å². The highest BCUT2D eigenvalue weighted by Gasteiger charge is 2.65. The van der Waals surface area contributed by atoms with Crippen molar-refractivity contribution in [2.24, 2.45) is 22.9 Å². The van der Waals surface area contributed by atoms with Crippen LogP contribution >= 0.6 is 0 Å². The molecule has 62 heavy (non-hydrogen) atoms. The number of oxime groups is 1. The zero-order valence-corrected chi connectivity index (χ0v) is 35.7. The van der Waals surface area contributed by atoms with E-state index in [1.165, 1.54) is 7.11 Å². The molecule has 12 heteroatoms. The van der Waals surface area contributed by atoms with Crippen LogP contribution < -0.4 is 14.8 Å². The van der Waals surface area contributed by atoms with Gasteiger partial charge in [-0.15, -0.1) is 6.58 Å². The van der Waals surface area contributed by atoms with Gasteiger partial charge in [-0.2, -0.15) is 0 Å². The number of aliphatic hydroxyl groups excluding tert-OH is 2. The number of amides is 2. The summed E-state index contributed by atoms with van der Waals surface area (Å²) in [5, 5.41) is 29.4. The summed E-state index contributed by atoms with van der Waals surface area (Å²) >= 11 is 0. The predicted octanol–water partition coefficient (Wildman–Crippen LogP) is 9.05. The van der Waals surface area contributed by atoms with Gasteiger partial charge in [-0.3, -0.25) is 4.90 Å². The first kappa shape index (κ1) is 44.4. The Kier molecular flexibility index (Phi) is 15.0. The van der Waals surface area contributed by atoms with E-state index in [4.69, 9.17) is 23.8 Å². The van der Waals surface area contributed by atoms with Crippen molar-refractivity contribution in [2.75, 3.05) is 33.5 Å². The molecule has 2 amide bonds. The number of unbranched alkanes of at least 4 members (excludes halogenated alkanes) is 2. The molecule has 0 aromatic heterocycles. The van der Waals surface area contributed by atoms with Gasteiger partial charge in [-0.1, -0.05) is 103 Å². The molecule has 1 fully saturated rings. The van der Waals surface area contributed by atoms with Crippen molar-refractivity contribution in [3.8, 4) is 11.5 Å². The zero-order chi connectivity index (χ0) is 43.5. The first-order chi connectivity index (χ1) is 30.3. The molecule has 0 spiro atoms. The highest BCUT2D eigenvalue weighted by atomic mass is 16.7. The van der Waals surface area contributed by atoms with Crippen LogP contribution in [-0.2, 0) is 27.4 Å². The van der Waals surface area contributed by atoms with E-state index in [1.807, 2.05) is 66.7 Å². The summed E-state index contributed by atoms with van der Waals surface area (Å²) in [6.45, 7) is 6.72. The van der Waals surface area contributed by atoms with Gasteiger partial charge in [0.15, 0.2) is 0 Å². The Morgan fingerprint density at radius 2 is 1.73 bits per heavy atom. The molecule has 1 heterocycles. The third-order valence-electron chi connectivity index (χ3n) is 12.4. The number of allylic oxidation sites excluding steroid dienone is 1. The molecule has 6 atom stereocenters. The van der Waals surface area contributed by atoms with Gasteiger partial charge in [0.25, 0.3) is 0 Å². The number of hydrogen-bond donors (Lipinski definition) is 3. The monoisotopic (exact) mass is 845 g/mol. The van der Waals surface area contributed by atoms with Gasteiger partial charge in [0.1, 0.15) is 24.7 Å². The van der Waals surface area contributed by atoms with Crippen LogP contribution in [0.4, 0.5) is 9.59 Å². The zero-order valence-electron chi connectivity index (χ0n) is 35.7. The number of nitrogens with zero attached hydrogens (tertiary/aromatic N) is 2. The lowest BCUT2D eigenvalue weighted by Gasteiger charge is -2.59. The van der Waals surface area contributed by atoms with E-state index < -0.39 is 29.9 Å². The molecule has 328 valence electrons. The Labute approximate surface area is 364 Å². The Balaban J connectivity index is 1.40. The Morgan fingerprint density at radius 1 is 0.968 bits per heavy atom. The summed E-state index contributed by atoms with van der Waals surface area (Å²) in [5.41, 5.74) is 4.27. The summed E-state index contributed by atoms with van der Waals surface area (Å²) in [4.78, 5) is 35.1. The largest absolute Gasteiger partial charge is 0.459 e. The second-order valence-corrected chi connectivity index (χ2v) is 16.1. The van der Waals surface area contributed by atoms with Gasteiger partial charge < -0.3 is 39.3 Å². The Morgan fingerprint density at radius 3 is 2.48 bits per heavy atom. The average molecular weight is 846 g/mol. The third kappa shape index (κ3) is 9.52. The third-order valence-corrected chi connectivity index (χ3v) is 12.4. The minimum atomic E-state index is -1.48. The standard InChI is InChI=1S/C50H59N3O9/c1-4-28-60-50-45(53(49(57)59-5-2)33-37-21-15-20-35-18-9-10-22-39(35)37)31-43(52-58-3)41-29-36(19-11-13-26-54)40(23-12-14-27-55)46(47(41)50)42-30-38(24-25-44(42)62-50)61-48(56)51-32-34-16-7-6-8-17-34/h4,6-10,15-18,20-22,24-25,29-30,36,40,45-47,54-55H,1,5,11-14,19,23,26-28,31-33H2,2-3H3,(H,51,56). The van der Waals surface area contributed by atoms with E-state index in [9.17, 15) is 19.8 Å². The molecule has 1 saturated carbocycles.